The molecule has 1 aliphatic rings. The number of nitrogens with zero attached hydrogens (tertiary/aromatic N) is 1. The molecule has 0 amide bonds. The maximum Gasteiger partial charge on any atom is 0.306 e. The van der Waals surface area contributed by atoms with Crippen LogP contribution in [0.15, 0.2) is 0 Å². The Morgan fingerprint density at radius 2 is 1.10 bits per heavy atom. The molecule has 1 saturated heterocycles. The normalized spacial score (nSPS) is 16.0. The summed E-state index contributed by atoms with van der Waals surface area (Å²) in [5.74, 6) is 10.5. The fourth-order valence-electron chi connectivity index (χ4n) is 7.50. The largest absolute Gasteiger partial charge is 0.462 e. The van der Waals surface area contributed by atoms with Crippen LogP contribution in [0.2, 0.25) is 18.1 Å². The zero-order valence-corrected chi connectivity index (χ0v) is 43.3. The molecule has 0 aliphatic carbocycles. The summed E-state index contributed by atoms with van der Waals surface area (Å²) < 4.78 is 24.8. The second-order valence-electron chi connectivity index (χ2n) is 16.7. The van der Waals surface area contributed by atoms with Gasteiger partial charge in [0, 0.05) is 19.6 Å². The summed E-state index contributed by atoms with van der Waals surface area (Å²) in [5, 5.41) is 0. The number of ether oxygens (including phenoxy) is 3. The topological polar surface area (TPSA) is 57.2 Å². The van der Waals surface area contributed by atoms with Crippen LogP contribution in [0.5, 0.6) is 0 Å². The monoisotopic (exact) mass is 910 g/mol. The lowest BCUT2D eigenvalue weighted by atomic mass is 10.0. The molecule has 2 atom stereocenters. The third kappa shape index (κ3) is 33.5. The van der Waals surface area contributed by atoms with Gasteiger partial charge in [-0.05, 0) is 155 Å². The van der Waals surface area contributed by atoms with Crippen molar-refractivity contribution >= 4 is 61.3 Å². The van der Waals surface area contributed by atoms with E-state index in [1.165, 1.54) is 154 Å². The summed E-state index contributed by atoms with van der Waals surface area (Å²) in [6, 6.07) is 3.64. The second kappa shape index (κ2) is 41.9. The standard InChI is InChI=1S/C47H95NO5S4Si/c1-7-35-54-39-25-41-56-37-22-18-14-12-16-20-27-44(28-21-17-13-15-19-23-38-57-42-26-40-55-36-8-2)52-46(49)29-30-47-50-43-45(53-47)31-33-48(6)32-24-34-51-58(9-3,10-4)11-5/h44-45,47H,7-43H2,1-6H3. The van der Waals surface area contributed by atoms with E-state index in [2.05, 4.69) is 93.6 Å². The Labute approximate surface area is 379 Å². The van der Waals surface area contributed by atoms with Gasteiger partial charge in [0.2, 0.25) is 0 Å². The molecule has 1 fully saturated rings. The Hall–Kier alpha value is 0.927. The quantitative estimate of drug-likeness (QED) is 0.0335. The van der Waals surface area contributed by atoms with Crippen molar-refractivity contribution in [2.45, 2.75) is 213 Å². The lowest BCUT2D eigenvalue weighted by Gasteiger charge is -2.28. The maximum absolute atomic E-state index is 13.1. The number of unbranched alkanes of at least 4 members (excludes halogenated alkanes) is 10. The summed E-state index contributed by atoms with van der Waals surface area (Å²) in [4.78, 5) is 15.5. The van der Waals surface area contributed by atoms with Crippen LogP contribution in [0.3, 0.4) is 0 Å². The highest BCUT2D eigenvalue weighted by Crippen LogP contribution is 2.23. The molecule has 6 nitrogen and oxygen atoms in total. The Morgan fingerprint density at radius 3 is 1.62 bits per heavy atom. The van der Waals surface area contributed by atoms with Crippen molar-refractivity contribution in [3.63, 3.8) is 0 Å². The van der Waals surface area contributed by atoms with Gasteiger partial charge in [0.15, 0.2) is 14.6 Å². The fraction of sp³-hybridized carbons (Fsp3) is 0.979. The van der Waals surface area contributed by atoms with Crippen LogP contribution in [0, 0.1) is 0 Å². The van der Waals surface area contributed by atoms with Crippen LogP contribution in [0.25, 0.3) is 0 Å². The minimum absolute atomic E-state index is 0.0510. The molecular formula is C47H95NO5S4Si. The molecule has 0 aromatic heterocycles. The molecule has 0 aromatic rings. The molecule has 1 rings (SSSR count). The van der Waals surface area contributed by atoms with E-state index in [1.54, 1.807) is 0 Å². The number of thioether (sulfide) groups is 4. The van der Waals surface area contributed by atoms with Crippen LogP contribution in [0.1, 0.15) is 176 Å². The SMILES string of the molecule is CCCSCCCSCCCCCCCCC(CCCCCCCCSCCCSCCC)OC(=O)CCC1OCC(CCN(C)CCCO[Si](CC)(CC)CC)O1. The number of rotatable bonds is 45. The molecule has 0 radical (unpaired) electrons. The highest BCUT2D eigenvalue weighted by molar-refractivity contribution is 8.00. The zero-order valence-electron chi connectivity index (χ0n) is 39.0. The van der Waals surface area contributed by atoms with Gasteiger partial charge in [-0.3, -0.25) is 4.79 Å². The third-order valence-corrected chi connectivity index (χ3v) is 21.1. The van der Waals surface area contributed by atoms with Crippen molar-refractivity contribution in [2.75, 3.05) is 79.4 Å². The molecule has 2 unspecified atom stereocenters. The summed E-state index contributed by atoms with van der Waals surface area (Å²) in [6.45, 7) is 14.9. The van der Waals surface area contributed by atoms with Crippen LogP contribution >= 0.6 is 47.0 Å². The average molecular weight is 911 g/mol. The van der Waals surface area contributed by atoms with Crippen molar-refractivity contribution in [3.05, 3.63) is 0 Å². The summed E-state index contributed by atoms with van der Waals surface area (Å²) >= 11 is 8.51. The van der Waals surface area contributed by atoms with Crippen LogP contribution < -0.4 is 0 Å². The predicted octanol–water partition coefficient (Wildman–Crippen LogP) is 14.1. The third-order valence-electron chi connectivity index (χ3n) is 11.5. The molecule has 58 heavy (non-hydrogen) atoms. The number of carbonyl (C=O) groups is 1. The molecular weight excluding hydrogens is 815 g/mol. The van der Waals surface area contributed by atoms with E-state index in [4.69, 9.17) is 18.6 Å². The molecule has 0 saturated carbocycles. The summed E-state index contributed by atoms with van der Waals surface area (Å²) in [5.41, 5.74) is 0. The first-order valence-corrected chi connectivity index (χ1v) is 31.7. The number of hydrogen-bond donors (Lipinski definition) is 0. The van der Waals surface area contributed by atoms with Gasteiger partial charge >= 0.3 is 5.97 Å². The predicted molar refractivity (Wildman–Crippen MR) is 267 cm³/mol. The molecule has 1 heterocycles. The fourth-order valence-corrected chi connectivity index (χ4v) is 14.2. The minimum atomic E-state index is -1.49. The van der Waals surface area contributed by atoms with E-state index in [0.29, 0.717) is 19.4 Å². The second-order valence-corrected chi connectivity index (χ2v) is 26.4. The summed E-state index contributed by atoms with van der Waals surface area (Å²) in [6.07, 6.45) is 25.6. The van der Waals surface area contributed by atoms with E-state index >= 15 is 0 Å². The van der Waals surface area contributed by atoms with E-state index in [-0.39, 0.29) is 24.5 Å². The van der Waals surface area contributed by atoms with Crippen molar-refractivity contribution in [1.82, 2.24) is 4.90 Å². The highest BCUT2D eigenvalue weighted by Gasteiger charge is 2.29. The van der Waals surface area contributed by atoms with Crippen molar-refractivity contribution < 1.29 is 23.4 Å². The first-order valence-electron chi connectivity index (χ1n) is 24.5. The Balaban J connectivity index is 2.30. The minimum Gasteiger partial charge on any atom is -0.462 e. The van der Waals surface area contributed by atoms with Gasteiger partial charge in [-0.25, -0.2) is 0 Å². The van der Waals surface area contributed by atoms with Gasteiger partial charge in [0.05, 0.1) is 19.1 Å². The van der Waals surface area contributed by atoms with E-state index < -0.39 is 8.32 Å². The Morgan fingerprint density at radius 1 is 0.621 bits per heavy atom. The summed E-state index contributed by atoms with van der Waals surface area (Å²) in [7, 11) is 0.701. The number of hydrogen-bond acceptors (Lipinski definition) is 10. The van der Waals surface area contributed by atoms with Gasteiger partial charge in [0.25, 0.3) is 0 Å². The molecule has 1 aliphatic heterocycles. The number of esters is 1. The van der Waals surface area contributed by atoms with Gasteiger partial charge < -0.3 is 23.5 Å². The molecule has 0 bridgehead atoms. The van der Waals surface area contributed by atoms with E-state index in [9.17, 15) is 4.79 Å². The van der Waals surface area contributed by atoms with Crippen molar-refractivity contribution in [2.24, 2.45) is 0 Å². The molecule has 346 valence electrons. The maximum atomic E-state index is 13.1. The van der Waals surface area contributed by atoms with Crippen LogP contribution in [0.4, 0.5) is 0 Å². The molecule has 0 spiro atoms. The first-order chi connectivity index (χ1) is 28.4. The lowest BCUT2D eigenvalue weighted by Crippen LogP contribution is -2.36. The van der Waals surface area contributed by atoms with Gasteiger partial charge in [-0.1, -0.05) is 86.0 Å². The first kappa shape index (κ1) is 56.9. The van der Waals surface area contributed by atoms with Crippen molar-refractivity contribution in [3.8, 4) is 0 Å². The lowest BCUT2D eigenvalue weighted by molar-refractivity contribution is -0.152. The Kier molecular flexibility index (Phi) is 41.1. The van der Waals surface area contributed by atoms with E-state index in [0.717, 1.165) is 58.2 Å². The number of carbonyl (C=O) groups excluding carboxylic acids is 1. The van der Waals surface area contributed by atoms with Crippen LogP contribution in [-0.4, -0.2) is 117 Å². The van der Waals surface area contributed by atoms with Crippen molar-refractivity contribution in [1.29, 1.82) is 0 Å². The van der Waals surface area contributed by atoms with Gasteiger partial charge in [0.1, 0.15) is 6.10 Å². The van der Waals surface area contributed by atoms with E-state index in [1.807, 2.05) is 0 Å². The average Bonchev–Trinajstić information content (AvgIpc) is 3.70. The Bertz CT molecular complexity index is 852. The molecule has 0 aromatic carbocycles. The molecule has 11 heteroatoms. The highest BCUT2D eigenvalue weighted by atomic mass is 32.2. The smallest absolute Gasteiger partial charge is 0.306 e. The molecule has 0 N–H and O–H groups in total. The zero-order chi connectivity index (χ0) is 42.2. The van der Waals surface area contributed by atoms with Gasteiger partial charge in [-0.2, -0.15) is 47.0 Å². The van der Waals surface area contributed by atoms with Gasteiger partial charge in [-0.15, -0.1) is 0 Å². The van der Waals surface area contributed by atoms with Crippen LogP contribution in [-0.2, 0) is 23.4 Å².